The zero-order valence-corrected chi connectivity index (χ0v) is 11.2. The van der Waals surface area contributed by atoms with Crippen LogP contribution in [0, 0.1) is 0 Å². The van der Waals surface area contributed by atoms with Crippen molar-refractivity contribution < 1.29 is 14.7 Å². The van der Waals surface area contributed by atoms with E-state index in [0.29, 0.717) is 23.7 Å². The Morgan fingerprint density at radius 2 is 2.10 bits per heavy atom. The Labute approximate surface area is 120 Å². The summed E-state index contributed by atoms with van der Waals surface area (Å²) < 4.78 is 0. The van der Waals surface area contributed by atoms with Gasteiger partial charge in [-0.1, -0.05) is 12.1 Å². The van der Waals surface area contributed by atoms with E-state index in [0.717, 1.165) is 5.56 Å². The van der Waals surface area contributed by atoms with Crippen molar-refractivity contribution in [2.45, 2.75) is 19.6 Å². The van der Waals surface area contributed by atoms with Gasteiger partial charge < -0.3 is 15.7 Å². The van der Waals surface area contributed by atoms with Gasteiger partial charge in [-0.15, -0.1) is 0 Å². The summed E-state index contributed by atoms with van der Waals surface area (Å²) in [5.74, 6) is 0.595. The molecule has 0 radical (unpaired) electrons. The second-order valence-corrected chi connectivity index (χ2v) is 4.28. The van der Waals surface area contributed by atoms with Crippen molar-refractivity contribution in [3.63, 3.8) is 0 Å². The molecule has 0 unspecified atom stereocenters. The molecule has 110 valence electrons. The predicted molar refractivity (Wildman–Crippen MR) is 74.0 cm³/mol. The number of aromatic nitrogens is 3. The van der Waals surface area contributed by atoms with Crippen molar-refractivity contribution in [3.05, 3.63) is 41.5 Å². The lowest BCUT2D eigenvalue weighted by Crippen LogP contribution is -2.15. The first-order valence-corrected chi connectivity index (χ1v) is 6.28. The zero-order chi connectivity index (χ0) is 15.1. The summed E-state index contributed by atoms with van der Waals surface area (Å²) in [4.78, 5) is 26.1. The highest BCUT2D eigenvalue weighted by atomic mass is 16.3. The number of anilines is 1. The molecule has 0 bridgehead atoms. The maximum atomic E-state index is 11.8. The number of H-pyrrole nitrogens is 1. The molecule has 1 aromatic carbocycles. The molecule has 21 heavy (non-hydrogen) atoms. The first-order valence-electron chi connectivity index (χ1n) is 6.28. The van der Waals surface area contributed by atoms with E-state index >= 15 is 0 Å². The van der Waals surface area contributed by atoms with Gasteiger partial charge in [0.25, 0.3) is 0 Å². The number of aliphatic hydroxyl groups is 1. The molecule has 8 nitrogen and oxygen atoms in total. The normalized spacial score (nSPS) is 10.1. The Kier molecular flexibility index (Phi) is 4.99. The molecular weight excluding hydrogens is 274 g/mol. The van der Waals surface area contributed by atoms with Crippen LogP contribution in [0.3, 0.4) is 0 Å². The lowest BCUT2D eigenvalue weighted by Gasteiger charge is -2.04. The van der Waals surface area contributed by atoms with E-state index in [2.05, 4.69) is 25.8 Å². The fourth-order valence-corrected chi connectivity index (χ4v) is 1.68. The van der Waals surface area contributed by atoms with Gasteiger partial charge in [0.15, 0.2) is 5.82 Å². The van der Waals surface area contributed by atoms with Gasteiger partial charge in [-0.3, -0.25) is 14.7 Å². The van der Waals surface area contributed by atoms with Gasteiger partial charge in [-0.25, -0.2) is 4.98 Å². The third kappa shape index (κ3) is 4.39. The van der Waals surface area contributed by atoms with E-state index in [-0.39, 0.29) is 25.5 Å². The number of aliphatic hydroxyl groups excluding tert-OH is 1. The molecule has 0 aliphatic heterocycles. The minimum atomic E-state index is -0.238. The highest BCUT2D eigenvalue weighted by Gasteiger charge is 2.08. The molecule has 0 fully saturated rings. The Bertz CT molecular complexity index is 609. The third-order valence-electron chi connectivity index (χ3n) is 2.67. The molecule has 2 amide bonds. The molecule has 0 spiro atoms. The topological polar surface area (TPSA) is 120 Å². The van der Waals surface area contributed by atoms with E-state index < -0.39 is 0 Å². The summed E-state index contributed by atoms with van der Waals surface area (Å²) in [5, 5.41) is 20.6. The molecular formula is C13H15N5O3. The number of aromatic amines is 1. The Morgan fingerprint density at radius 3 is 2.76 bits per heavy atom. The SMILES string of the molecule is O=CNCc1n[nH]c(CC(=O)Nc2ccc(CO)cc2)n1. The number of amides is 2. The number of nitrogens with zero attached hydrogens (tertiary/aromatic N) is 2. The fourth-order valence-electron chi connectivity index (χ4n) is 1.68. The average Bonchev–Trinajstić information content (AvgIpc) is 2.93. The predicted octanol–water partition coefficient (Wildman–Crippen LogP) is -0.276. The van der Waals surface area contributed by atoms with Crippen molar-refractivity contribution in [1.29, 1.82) is 0 Å². The molecule has 0 saturated heterocycles. The van der Waals surface area contributed by atoms with E-state index in [1.165, 1.54) is 0 Å². The van der Waals surface area contributed by atoms with Crippen LogP contribution in [0.1, 0.15) is 17.2 Å². The van der Waals surface area contributed by atoms with Crippen LogP contribution in [0.5, 0.6) is 0 Å². The molecule has 4 N–H and O–H groups in total. The van der Waals surface area contributed by atoms with Crippen LogP contribution in [0.4, 0.5) is 5.69 Å². The average molecular weight is 289 g/mol. The van der Waals surface area contributed by atoms with Crippen molar-refractivity contribution in [1.82, 2.24) is 20.5 Å². The van der Waals surface area contributed by atoms with Crippen LogP contribution < -0.4 is 10.6 Å². The monoisotopic (exact) mass is 289 g/mol. The second kappa shape index (κ2) is 7.15. The van der Waals surface area contributed by atoms with Gasteiger partial charge in [0.1, 0.15) is 5.82 Å². The lowest BCUT2D eigenvalue weighted by atomic mass is 10.2. The number of rotatable bonds is 7. The zero-order valence-electron chi connectivity index (χ0n) is 11.2. The largest absolute Gasteiger partial charge is 0.392 e. The highest BCUT2D eigenvalue weighted by molar-refractivity contribution is 5.91. The van der Waals surface area contributed by atoms with Crippen molar-refractivity contribution in [3.8, 4) is 0 Å². The summed E-state index contributed by atoms with van der Waals surface area (Å²) in [6.45, 7) is 0.175. The quantitative estimate of drug-likeness (QED) is 0.523. The van der Waals surface area contributed by atoms with Gasteiger partial charge in [0.2, 0.25) is 12.3 Å². The van der Waals surface area contributed by atoms with Crippen LogP contribution in [0.25, 0.3) is 0 Å². The Morgan fingerprint density at radius 1 is 1.33 bits per heavy atom. The van der Waals surface area contributed by atoms with E-state index in [1.54, 1.807) is 24.3 Å². The second-order valence-electron chi connectivity index (χ2n) is 4.28. The summed E-state index contributed by atoms with van der Waals surface area (Å²) in [5.41, 5.74) is 1.41. The lowest BCUT2D eigenvalue weighted by molar-refractivity contribution is -0.115. The number of benzene rings is 1. The van der Waals surface area contributed by atoms with Gasteiger partial charge in [0.05, 0.1) is 19.6 Å². The van der Waals surface area contributed by atoms with Crippen LogP contribution in [0.2, 0.25) is 0 Å². The van der Waals surface area contributed by atoms with Crippen LogP contribution in [-0.2, 0) is 29.2 Å². The molecule has 2 rings (SSSR count). The van der Waals surface area contributed by atoms with Crippen LogP contribution in [0.15, 0.2) is 24.3 Å². The number of carbonyl (C=O) groups is 2. The van der Waals surface area contributed by atoms with Crippen LogP contribution >= 0.6 is 0 Å². The Balaban J connectivity index is 1.88. The molecule has 0 atom stereocenters. The molecule has 1 aromatic heterocycles. The fraction of sp³-hybridized carbons (Fsp3) is 0.231. The summed E-state index contributed by atoms with van der Waals surface area (Å²) in [7, 11) is 0. The van der Waals surface area contributed by atoms with Gasteiger partial charge in [-0.05, 0) is 17.7 Å². The molecule has 0 saturated carbocycles. The first kappa shape index (κ1) is 14.7. The number of carbonyl (C=O) groups excluding carboxylic acids is 2. The molecule has 0 aliphatic rings. The Hall–Kier alpha value is -2.74. The third-order valence-corrected chi connectivity index (χ3v) is 2.67. The van der Waals surface area contributed by atoms with E-state index in [4.69, 9.17) is 5.11 Å². The molecule has 2 aromatic rings. The van der Waals surface area contributed by atoms with Crippen LogP contribution in [-0.4, -0.2) is 32.6 Å². The summed E-state index contributed by atoms with van der Waals surface area (Å²) in [6.07, 6.45) is 0.606. The van der Waals surface area contributed by atoms with Gasteiger partial charge >= 0.3 is 0 Å². The van der Waals surface area contributed by atoms with E-state index in [1.807, 2.05) is 0 Å². The molecule has 1 heterocycles. The number of nitrogens with one attached hydrogen (secondary N) is 3. The smallest absolute Gasteiger partial charge is 0.232 e. The molecule has 0 aliphatic carbocycles. The first-order chi connectivity index (χ1) is 10.2. The maximum absolute atomic E-state index is 11.8. The molecule has 8 heteroatoms. The van der Waals surface area contributed by atoms with Crippen molar-refractivity contribution in [2.75, 3.05) is 5.32 Å². The summed E-state index contributed by atoms with van der Waals surface area (Å²) in [6, 6.07) is 6.88. The minimum absolute atomic E-state index is 0.0378. The minimum Gasteiger partial charge on any atom is -0.392 e. The standard InChI is InChI=1S/C13H15N5O3/c19-7-9-1-3-10(4-2-9)15-13(21)5-11-16-12(18-17-11)6-14-8-20/h1-4,8,19H,5-7H2,(H,14,20)(H,15,21)(H,16,17,18). The number of hydrogen-bond donors (Lipinski definition) is 4. The number of hydrogen-bond acceptors (Lipinski definition) is 5. The maximum Gasteiger partial charge on any atom is 0.232 e. The summed E-state index contributed by atoms with van der Waals surface area (Å²) >= 11 is 0. The van der Waals surface area contributed by atoms with Gasteiger partial charge in [-0.2, -0.15) is 5.10 Å². The van der Waals surface area contributed by atoms with Crippen molar-refractivity contribution in [2.24, 2.45) is 0 Å². The van der Waals surface area contributed by atoms with Crippen molar-refractivity contribution >= 4 is 18.0 Å². The van der Waals surface area contributed by atoms with E-state index in [9.17, 15) is 9.59 Å². The highest BCUT2D eigenvalue weighted by Crippen LogP contribution is 2.09. The van der Waals surface area contributed by atoms with Gasteiger partial charge in [0, 0.05) is 5.69 Å².